The molecule has 0 heterocycles. The number of halogens is 2. The maximum atomic E-state index is 12.4. The second-order valence-electron chi connectivity index (χ2n) is 6.81. The Bertz CT molecular complexity index is 1280. The van der Waals surface area contributed by atoms with Gasteiger partial charge in [0.2, 0.25) is 0 Å². The van der Waals surface area contributed by atoms with Crippen molar-refractivity contribution in [2.45, 2.75) is 6.92 Å². The number of ether oxygens (including phenoxy) is 2. The Morgan fingerprint density at radius 1 is 0.853 bits per heavy atom. The molecule has 0 radical (unpaired) electrons. The highest BCUT2D eigenvalue weighted by Crippen LogP contribution is 2.30. The zero-order valence-electron chi connectivity index (χ0n) is 18.1. The molecule has 0 aromatic heterocycles. The molecule has 0 saturated carbocycles. The van der Waals surface area contributed by atoms with Crippen molar-refractivity contribution in [2.24, 2.45) is 5.10 Å². The maximum Gasteiger partial charge on any atom is 0.345 e. The van der Waals surface area contributed by atoms with E-state index in [1.807, 2.05) is 0 Å². The van der Waals surface area contributed by atoms with Gasteiger partial charge >= 0.3 is 17.8 Å². The molecular weight excluding hydrogens is 481 g/mol. The highest BCUT2D eigenvalue weighted by molar-refractivity contribution is 6.41. The summed E-state index contributed by atoms with van der Waals surface area (Å²) in [5, 5.41) is 6.91. The first-order valence-electron chi connectivity index (χ1n) is 9.85. The zero-order valence-corrected chi connectivity index (χ0v) is 19.6. The molecule has 0 aliphatic heterocycles. The molecule has 2 amide bonds. The minimum atomic E-state index is -0.975. The molecule has 8 nitrogen and oxygen atoms in total. The molecule has 10 heteroatoms. The molecular formula is C24H19Cl2N3O5. The smallest absolute Gasteiger partial charge is 0.345 e. The second kappa shape index (κ2) is 11.3. The van der Waals surface area contributed by atoms with E-state index in [9.17, 15) is 14.4 Å². The molecule has 174 valence electrons. The van der Waals surface area contributed by atoms with Gasteiger partial charge in [-0.15, -0.1) is 0 Å². The Labute approximate surface area is 205 Å². The summed E-state index contributed by atoms with van der Waals surface area (Å²) in [6.07, 6.45) is 0. The van der Waals surface area contributed by atoms with Crippen LogP contribution in [0.5, 0.6) is 11.5 Å². The van der Waals surface area contributed by atoms with E-state index in [0.717, 1.165) is 0 Å². The average molecular weight is 500 g/mol. The minimum Gasteiger partial charge on any atom is -0.493 e. The van der Waals surface area contributed by atoms with Gasteiger partial charge in [0.05, 0.1) is 34.1 Å². The molecule has 0 fully saturated rings. The van der Waals surface area contributed by atoms with Gasteiger partial charge in [-0.2, -0.15) is 5.10 Å². The highest BCUT2D eigenvalue weighted by Gasteiger charge is 2.17. The molecule has 3 aromatic carbocycles. The van der Waals surface area contributed by atoms with Gasteiger partial charge in [0.25, 0.3) is 0 Å². The zero-order chi connectivity index (χ0) is 24.7. The summed E-state index contributed by atoms with van der Waals surface area (Å²) in [6.45, 7) is 1.62. The Morgan fingerprint density at radius 3 is 2.21 bits per heavy atom. The van der Waals surface area contributed by atoms with Crippen molar-refractivity contribution in [3.63, 3.8) is 0 Å². The molecule has 3 aromatic rings. The van der Waals surface area contributed by atoms with E-state index in [-0.39, 0.29) is 22.1 Å². The van der Waals surface area contributed by atoms with Crippen LogP contribution in [0.25, 0.3) is 0 Å². The van der Waals surface area contributed by atoms with Crippen molar-refractivity contribution in [3.8, 4) is 11.5 Å². The Morgan fingerprint density at radius 2 is 1.53 bits per heavy atom. The van der Waals surface area contributed by atoms with Crippen LogP contribution in [0.15, 0.2) is 71.8 Å². The molecule has 0 unspecified atom stereocenters. The van der Waals surface area contributed by atoms with Gasteiger partial charge in [-0.05, 0) is 49.4 Å². The number of para-hydroxylation sites is 1. The van der Waals surface area contributed by atoms with Crippen molar-refractivity contribution in [1.82, 2.24) is 5.43 Å². The molecule has 0 bridgehead atoms. The summed E-state index contributed by atoms with van der Waals surface area (Å²) in [7, 11) is 1.42. The Kier molecular flexibility index (Phi) is 8.24. The van der Waals surface area contributed by atoms with Crippen molar-refractivity contribution >= 4 is 52.4 Å². The lowest BCUT2D eigenvalue weighted by Gasteiger charge is -2.12. The van der Waals surface area contributed by atoms with Crippen LogP contribution in [-0.2, 0) is 9.59 Å². The Hall–Kier alpha value is -3.88. The van der Waals surface area contributed by atoms with Crippen LogP contribution < -0.4 is 20.2 Å². The number of rotatable bonds is 6. The fourth-order valence-corrected chi connectivity index (χ4v) is 3.15. The fourth-order valence-electron chi connectivity index (χ4n) is 2.75. The number of carbonyl (C=O) groups is 3. The largest absolute Gasteiger partial charge is 0.493 e. The Balaban J connectivity index is 1.68. The number of esters is 1. The number of hydrogen-bond donors (Lipinski definition) is 2. The number of nitrogens with zero attached hydrogens (tertiary/aromatic N) is 1. The number of hydrogen-bond acceptors (Lipinski definition) is 6. The van der Waals surface area contributed by atoms with E-state index in [4.69, 9.17) is 32.7 Å². The topological polar surface area (TPSA) is 106 Å². The minimum absolute atomic E-state index is 0.173. The quantitative estimate of drug-likeness (QED) is 0.168. The van der Waals surface area contributed by atoms with Crippen molar-refractivity contribution < 1.29 is 23.9 Å². The first-order valence-corrected chi connectivity index (χ1v) is 10.6. The van der Waals surface area contributed by atoms with Crippen LogP contribution in [0.2, 0.25) is 10.0 Å². The predicted molar refractivity (Wildman–Crippen MR) is 130 cm³/mol. The first-order chi connectivity index (χ1) is 16.3. The maximum absolute atomic E-state index is 12.4. The molecule has 0 spiro atoms. The highest BCUT2D eigenvalue weighted by atomic mass is 35.5. The predicted octanol–water partition coefficient (Wildman–Crippen LogP) is 4.70. The van der Waals surface area contributed by atoms with Gasteiger partial charge < -0.3 is 14.8 Å². The molecule has 2 N–H and O–H groups in total. The summed E-state index contributed by atoms with van der Waals surface area (Å²) in [5.74, 6) is -2.11. The van der Waals surface area contributed by atoms with Crippen molar-refractivity contribution in [1.29, 1.82) is 0 Å². The van der Waals surface area contributed by atoms with Gasteiger partial charge in [-0.1, -0.05) is 47.5 Å². The molecule has 0 aliphatic carbocycles. The number of hydrazone groups is 1. The van der Waals surface area contributed by atoms with E-state index in [0.29, 0.717) is 22.0 Å². The molecule has 0 saturated heterocycles. The van der Waals surface area contributed by atoms with E-state index in [1.54, 1.807) is 67.6 Å². The van der Waals surface area contributed by atoms with Crippen LogP contribution in [0, 0.1) is 0 Å². The van der Waals surface area contributed by atoms with Gasteiger partial charge in [0.1, 0.15) is 0 Å². The summed E-state index contributed by atoms with van der Waals surface area (Å²) >= 11 is 12.0. The van der Waals surface area contributed by atoms with Gasteiger partial charge in [-0.3, -0.25) is 9.59 Å². The van der Waals surface area contributed by atoms with Crippen molar-refractivity contribution in [2.75, 3.05) is 12.4 Å². The number of amides is 2. The SMILES string of the molecule is COc1cc(/C(C)=N/NC(=O)C(=O)Nc2ccccc2Cl)ccc1OC(=O)c1ccccc1Cl. The first kappa shape index (κ1) is 24.8. The summed E-state index contributed by atoms with van der Waals surface area (Å²) < 4.78 is 10.7. The van der Waals surface area contributed by atoms with Crippen LogP contribution in [0.1, 0.15) is 22.8 Å². The van der Waals surface area contributed by atoms with Gasteiger partial charge in [0.15, 0.2) is 11.5 Å². The number of benzene rings is 3. The summed E-state index contributed by atoms with van der Waals surface area (Å²) in [4.78, 5) is 36.6. The molecule has 0 aliphatic rings. The molecule has 3 rings (SSSR count). The number of methoxy groups -OCH3 is 1. The van der Waals surface area contributed by atoms with Crippen molar-refractivity contribution in [3.05, 3.63) is 87.9 Å². The standard InChI is InChI=1S/C24H19Cl2N3O5/c1-14(28-29-23(31)22(30)27-19-10-6-5-9-18(19)26)15-11-12-20(21(13-15)33-2)34-24(32)16-7-3-4-8-17(16)25/h3-13H,1-2H3,(H,27,30)(H,29,31)/b28-14+. The average Bonchev–Trinajstić information content (AvgIpc) is 2.84. The molecule has 34 heavy (non-hydrogen) atoms. The third-order valence-electron chi connectivity index (χ3n) is 4.53. The van der Waals surface area contributed by atoms with Gasteiger partial charge in [-0.25, -0.2) is 10.2 Å². The van der Waals surface area contributed by atoms with Crippen LogP contribution in [0.3, 0.4) is 0 Å². The van der Waals surface area contributed by atoms with Gasteiger partial charge in [0, 0.05) is 5.56 Å². The van der Waals surface area contributed by atoms with E-state index in [2.05, 4.69) is 15.8 Å². The lowest BCUT2D eigenvalue weighted by atomic mass is 10.1. The lowest BCUT2D eigenvalue weighted by Crippen LogP contribution is -2.33. The number of anilines is 1. The monoisotopic (exact) mass is 499 g/mol. The molecule has 0 atom stereocenters. The number of carbonyl (C=O) groups excluding carboxylic acids is 3. The third-order valence-corrected chi connectivity index (χ3v) is 5.19. The third kappa shape index (κ3) is 6.12. The van der Waals surface area contributed by atoms with Crippen LogP contribution in [0.4, 0.5) is 5.69 Å². The van der Waals surface area contributed by atoms with Crippen LogP contribution >= 0.6 is 23.2 Å². The normalized spacial score (nSPS) is 10.9. The fraction of sp³-hybridized carbons (Fsp3) is 0.0833. The summed E-state index contributed by atoms with van der Waals surface area (Å²) in [6, 6.07) is 17.7. The van der Waals surface area contributed by atoms with E-state index in [1.165, 1.54) is 13.2 Å². The van der Waals surface area contributed by atoms with E-state index >= 15 is 0 Å². The van der Waals surface area contributed by atoms with E-state index < -0.39 is 17.8 Å². The number of nitrogens with one attached hydrogen (secondary N) is 2. The second-order valence-corrected chi connectivity index (χ2v) is 7.62. The summed E-state index contributed by atoms with van der Waals surface area (Å²) in [5.41, 5.74) is 3.63. The lowest BCUT2D eigenvalue weighted by molar-refractivity contribution is -0.136. The van der Waals surface area contributed by atoms with Crippen LogP contribution in [-0.4, -0.2) is 30.6 Å².